The maximum atomic E-state index is 12.0. The lowest BCUT2D eigenvalue weighted by Gasteiger charge is -2.16. The number of para-hydroxylation sites is 2. The molecule has 3 N–H and O–H groups in total. The number of benzene rings is 2. The van der Waals surface area contributed by atoms with Crippen LogP contribution in [0.15, 0.2) is 47.4 Å². The molecule has 0 saturated heterocycles. The van der Waals surface area contributed by atoms with Crippen molar-refractivity contribution in [2.75, 3.05) is 26.7 Å². The molecule has 0 aliphatic heterocycles. The normalized spacial score (nSPS) is 17.6. The maximum Gasteiger partial charge on any atom is 0.241 e. The van der Waals surface area contributed by atoms with Gasteiger partial charge in [0.25, 0.3) is 0 Å². The van der Waals surface area contributed by atoms with Gasteiger partial charge in [-0.3, -0.25) is 0 Å². The van der Waals surface area contributed by atoms with E-state index in [0.29, 0.717) is 12.4 Å². The fourth-order valence-corrected chi connectivity index (χ4v) is 3.00. The van der Waals surface area contributed by atoms with Crippen molar-refractivity contribution >= 4 is 10.0 Å². The summed E-state index contributed by atoms with van der Waals surface area (Å²) < 4.78 is 94.4. The van der Waals surface area contributed by atoms with Crippen molar-refractivity contribution in [3.05, 3.63) is 48.0 Å². The van der Waals surface area contributed by atoms with Crippen LogP contribution in [0, 0.1) is 0 Å². The predicted octanol–water partition coefficient (Wildman–Crippen LogP) is 2.34. The third kappa shape index (κ3) is 6.40. The van der Waals surface area contributed by atoms with Gasteiger partial charge in [-0.15, -0.1) is 0 Å². The average molecular weight is 416 g/mol. The molecule has 0 saturated carbocycles. The highest BCUT2D eigenvalue weighted by molar-refractivity contribution is 7.89. The maximum absolute atomic E-state index is 12.0. The van der Waals surface area contributed by atoms with Gasteiger partial charge < -0.3 is 19.5 Å². The van der Waals surface area contributed by atoms with Gasteiger partial charge in [-0.1, -0.05) is 18.2 Å². The third-order valence-electron chi connectivity index (χ3n) is 3.55. The number of hydrogen-bond acceptors (Lipinski definition) is 6. The van der Waals surface area contributed by atoms with Crippen LogP contribution in [0.1, 0.15) is 29.0 Å². The number of nitrogens with two attached hydrogens (primary N) is 1. The Morgan fingerprint density at radius 1 is 1.18 bits per heavy atom. The molecule has 7 nitrogen and oxygen atoms in total. The van der Waals surface area contributed by atoms with E-state index >= 15 is 0 Å². The van der Waals surface area contributed by atoms with Gasteiger partial charge in [0, 0.05) is 15.3 Å². The fraction of sp³-hybridized carbons (Fsp3) is 0.400. The standard InChI is InChI=1S/C20H28N2O5S/c1-4-26-17-7-5-6-8-18(17)27-12-11-22-15(2)13-16-9-10-19(25-3)20(14-16)28(21,23)24/h5-10,14-15,22H,4,11-13H2,1-3H3,(H2,21,23,24)/t15-/m1/s1/i3D3,12D2,13D2. The summed E-state index contributed by atoms with van der Waals surface area (Å²) in [5, 5.41) is 7.91. The van der Waals surface area contributed by atoms with E-state index < -0.39 is 53.2 Å². The molecule has 154 valence electrons. The van der Waals surface area contributed by atoms with Gasteiger partial charge in [0.1, 0.15) is 17.2 Å². The number of primary sulfonamides is 1. The molecule has 0 aliphatic rings. The number of rotatable bonds is 11. The molecule has 2 aromatic carbocycles. The van der Waals surface area contributed by atoms with E-state index in [9.17, 15) is 8.42 Å². The number of methoxy groups -OCH3 is 1. The number of ether oxygens (including phenoxy) is 3. The van der Waals surface area contributed by atoms with Gasteiger partial charge in [-0.05, 0) is 50.0 Å². The lowest BCUT2D eigenvalue weighted by atomic mass is 10.1. The molecule has 1 atom stereocenters. The third-order valence-corrected chi connectivity index (χ3v) is 4.49. The summed E-state index contributed by atoms with van der Waals surface area (Å²) in [6, 6.07) is 8.60. The van der Waals surface area contributed by atoms with Crippen molar-refractivity contribution in [3.8, 4) is 17.2 Å². The highest BCUT2D eigenvalue weighted by Crippen LogP contribution is 2.26. The monoisotopic (exact) mass is 415 g/mol. The Hall–Kier alpha value is -2.29. The average Bonchev–Trinajstić information content (AvgIpc) is 2.71. The first kappa shape index (κ1) is 13.8. The zero-order valence-corrected chi connectivity index (χ0v) is 16.4. The van der Waals surface area contributed by atoms with Gasteiger partial charge >= 0.3 is 0 Å². The smallest absolute Gasteiger partial charge is 0.241 e. The van der Waals surface area contributed by atoms with Crippen molar-refractivity contribution in [2.45, 2.75) is 31.2 Å². The molecule has 0 unspecified atom stereocenters. The van der Waals surface area contributed by atoms with Crippen molar-refractivity contribution in [1.82, 2.24) is 5.32 Å². The molecule has 8 heteroatoms. The molecule has 0 spiro atoms. The van der Waals surface area contributed by atoms with Crippen LogP contribution >= 0.6 is 0 Å². The molecule has 0 aliphatic carbocycles. The van der Waals surface area contributed by atoms with E-state index in [4.69, 9.17) is 24.2 Å². The fourth-order valence-electron chi connectivity index (χ4n) is 2.32. The summed E-state index contributed by atoms with van der Waals surface area (Å²) >= 11 is 0. The van der Waals surface area contributed by atoms with Crippen molar-refractivity contribution < 1.29 is 32.2 Å². The van der Waals surface area contributed by atoms with Gasteiger partial charge in [0.05, 0.1) is 20.5 Å². The van der Waals surface area contributed by atoms with Crippen molar-refractivity contribution in [2.24, 2.45) is 5.14 Å². The zero-order chi connectivity index (χ0) is 26.7. The summed E-state index contributed by atoms with van der Waals surface area (Å²) in [6.45, 7) is 0.903. The van der Waals surface area contributed by atoms with Crippen molar-refractivity contribution in [1.29, 1.82) is 0 Å². The minimum atomic E-state index is -4.45. The van der Waals surface area contributed by atoms with E-state index in [1.165, 1.54) is 13.0 Å². The molecule has 0 aromatic heterocycles. The second kappa shape index (κ2) is 10.3. The summed E-state index contributed by atoms with van der Waals surface area (Å²) in [7, 11) is -7.39. The first-order valence-corrected chi connectivity index (χ1v) is 10.0. The molecule has 2 aromatic rings. The minimum absolute atomic E-state index is 0.136. The van der Waals surface area contributed by atoms with Gasteiger partial charge in [0.2, 0.25) is 10.0 Å². The van der Waals surface area contributed by atoms with E-state index in [-0.39, 0.29) is 11.3 Å². The molecule has 0 amide bonds. The molecule has 2 rings (SSSR count). The summed E-state index contributed by atoms with van der Waals surface area (Å²) in [4.78, 5) is -0.687. The molecule has 28 heavy (non-hydrogen) atoms. The Morgan fingerprint density at radius 2 is 1.89 bits per heavy atom. The second-order valence-corrected chi connectivity index (χ2v) is 7.21. The van der Waals surface area contributed by atoms with Crippen LogP contribution < -0.4 is 24.7 Å². The Kier molecular flexibility index (Phi) is 5.09. The van der Waals surface area contributed by atoms with E-state index in [1.807, 2.05) is 0 Å². The highest BCUT2D eigenvalue weighted by atomic mass is 32.2. The Balaban J connectivity index is 2.22. The van der Waals surface area contributed by atoms with E-state index in [0.717, 1.165) is 12.1 Å². The number of hydrogen-bond donors (Lipinski definition) is 2. The molecule has 0 fully saturated rings. The summed E-state index contributed by atoms with van der Waals surface area (Å²) in [6.07, 6.45) is -2.22. The SMILES string of the molecule is [2H]C([2H])([2H])Oc1ccc(C([2H])([2H])[C@@H](C)NCC([2H])([2H])Oc2ccccc2OCC)cc1S(N)(=O)=O. The molecule has 0 heterocycles. The lowest BCUT2D eigenvalue weighted by Crippen LogP contribution is -2.32. The Morgan fingerprint density at radius 3 is 2.54 bits per heavy atom. The summed E-state index contributed by atoms with van der Waals surface area (Å²) in [5.74, 6) is 0.00181. The first-order chi connectivity index (χ1) is 16.0. The molecule has 0 bridgehead atoms. The van der Waals surface area contributed by atoms with Crippen molar-refractivity contribution in [3.63, 3.8) is 0 Å². The predicted molar refractivity (Wildman–Crippen MR) is 109 cm³/mol. The number of nitrogens with one attached hydrogen (secondary N) is 1. The summed E-state index contributed by atoms with van der Waals surface area (Å²) in [5.41, 5.74) is -0.136. The van der Waals surface area contributed by atoms with E-state index in [1.54, 1.807) is 31.2 Å². The van der Waals surface area contributed by atoms with Crippen LogP contribution in [0.2, 0.25) is 0 Å². The van der Waals surface area contributed by atoms with E-state index in [2.05, 4.69) is 10.1 Å². The van der Waals surface area contributed by atoms with Gasteiger partial charge in [-0.25, -0.2) is 13.6 Å². The molecule has 0 radical (unpaired) electrons. The van der Waals surface area contributed by atoms with Gasteiger partial charge in [-0.2, -0.15) is 0 Å². The highest BCUT2D eigenvalue weighted by Gasteiger charge is 2.16. The van der Waals surface area contributed by atoms with Crippen LogP contribution in [-0.4, -0.2) is 41.2 Å². The zero-order valence-electron chi connectivity index (χ0n) is 22.6. The van der Waals surface area contributed by atoms with Crippen LogP contribution in [0.25, 0.3) is 0 Å². The van der Waals surface area contributed by atoms with Crippen LogP contribution in [0.3, 0.4) is 0 Å². The minimum Gasteiger partial charge on any atom is -0.495 e. The topological polar surface area (TPSA) is 99.9 Å². The first-order valence-electron chi connectivity index (χ1n) is 12.0. The lowest BCUT2D eigenvalue weighted by molar-refractivity contribution is 0.272. The largest absolute Gasteiger partial charge is 0.495 e. The van der Waals surface area contributed by atoms with Crippen LogP contribution in [0.4, 0.5) is 0 Å². The van der Waals surface area contributed by atoms with Crippen LogP contribution in [-0.2, 0) is 16.4 Å². The quantitative estimate of drug-likeness (QED) is 0.584. The van der Waals surface area contributed by atoms with Gasteiger partial charge in [0.15, 0.2) is 11.5 Å². The Bertz CT molecular complexity index is 1130. The number of sulfonamides is 1. The molecular weight excluding hydrogens is 380 g/mol. The molecular formula is C20H28N2O5S. The Labute approximate surface area is 176 Å². The van der Waals surface area contributed by atoms with Crippen LogP contribution in [0.5, 0.6) is 17.2 Å². The second-order valence-electron chi connectivity index (χ2n) is 5.68.